The summed E-state index contributed by atoms with van der Waals surface area (Å²) in [5, 5.41) is 7.29. The largest absolute Gasteiger partial charge is 0.383 e. The molecule has 10 nitrogen and oxygen atoms in total. The molecule has 0 aliphatic rings. The van der Waals surface area contributed by atoms with Gasteiger partial charge >= 0.3 is 0 Å². The van der Waals surface area contributed by atoms with Crippen molar-refractivity contribution in [2.75, 3.05) is 34.4 Å². The number of benzene rings is 1. The third-order valence-electron chi connectivity index (χ3n) is 4.01. The highest BCUT2D eigenvalue weighted by Gasteiger charge is 2.14. The number of aliphatic imine (C=N–C) groups is 1. The lowest BCUT2D eigenvalue weighted by atomic mass is 10.2. The van der Waals surface area contributed by atoms with Crippen molar-refractivity contribution in [1.82, 2.24) is 29.7 Å². The summed E-state index contributed by atoms with van der Waals surface area (Å²) in [5.74, 6) is 1.47. The van der Waals surface area contributed by atoms with E-state index in [4.69, 9.17) is 4.74 Å². The zero-order chi connectivity index (χ0) is 20.6. The Balaban J connectivity index is 0.00000420. The van der Waals surface area contributed by atoms with E-state index in [0.717, 1.165) is 11.4 Å². The van der Waals surface area contributed by atoms with Crippen LogP contribution in [0.5, 0.6) is 0 Å². The van der Waals surface area contributed by atoms with Crippen LogP contribution in [-0.2, 0) is 34.9 Å². The van der Waals surface area contributed by atoms with E-state index in [2.05, 4.69) is 25.1 Å². The molecule has 0 bridgehead atoms. The normalized spacial score (nSPS) is 11.8. The number of methoxy groups -OCH3 is 1. The summed E-state index contributed by atoms with van der Waals surface area (Å²) in [6, 6.07) is 6.77. The van der Waals surface area contributed by atoms with Gasteiger partial charge in [-0.05, 0) is 17.7 Å². The standard InChI is InChI=1S/C17H27N7O3S.HI/c1-18-17(23(2)12-16-20-13-21-24(16)3)19-11-14-6-5-7-15(10-14)28(25,26)22-8-9-27-4;/h5-7,10,13,22H,8-9,11-12H2,1-4H3,(H,18,19);1H. The van der Waals surface area contributed by atoms with Crippen molar-refractivity contribution in [2.45, 2.75) is 18.0 Å². The smallest absolute Gasteiger partial charge is 0.240 e. The van der Waals surface area contributed by atoms with Crippen LogP contribution in [0.1, 0.15) is 11.4 Å². The van der Waals surface area contributed by atoms with Crippen molar-refractivity contribution in [3.05, 3.63) is 42.0 Å². The van der Waals surface area contributed by atoms with E-state index >= 15 is 0 Å². The Kier molecular flexibility index (Phi) is 10.5. The number of guanidine groups is 1. The second-order valence-corrected chi connectivity index (χ2v) is 7.86. The van der Waals surface area contributed by atoms with Crippen molar-refractivity contribution in [3.8, 4) is 0 Å². The van der Waals surface area contributed by atoms with Gasteiger partial charge in [-0.25, -0.2) is 18.1 Å². The number of halogens is 1. The Morgan fingerprint density at radius 3 is 2.76 bits per heavy atom. The molecule has 0 aliphatic heterocycles. The summed E-state index contributed by atoms with van der Waals surface area (Å²) < 4.78 is 33.8. The molecule has 0 radical (unpaired) electrons. The number of hydrogen-bond acceptors (Lipinski definition) is 6. The molecule has 2 N–H and O–H groups in total. The summed E-state index contributed by atoms with van der Waals surface area (Å²) in [6.07, 6.45) is 1.51. The van der Waals surface area contributed by atoms with Crippen LogP contribution in [0.2, 0.25) is 0 Å². The second kappa shape index (κ2) is 12.0. The summed E-state index contributed by atoms with van der Waals surface area (Å²) in [6.45, 7) is 1.50. The number of nitrogens with zero attached hydrogens (tertiary/aromatic N) is 5. The molecule has 0 aliphatic carbocycles. The molecule has 2 aromatic rings. The van der Waals surface area contributed by atoms with Gasteiger partial charge in [0, 0.05) is 41.3 Å². The Morgan fingerprint density at radius 1 is 1.38 bits per heavy atom. The average Bonchev–Trinajstić information content (AvgIpc) is 3.07. The summed E-state index contributed by atoms with van der Waals surface area (Å²) >= 11 is 0. The van der Waals surface area contributed by atoms with E-state index in [1.807, 2.05) is 25.1 Å². The van der Waals surface area contributed by atoms with Crippen LogP contribution >= 0.6 is 24.0 Å². The number of sulfonamides is 1. The molecular formula is C17H28IN7O3S. The fourth-order valence-electron chi connectivity index (χ4n) is 2.50. The average molecular weight is 537 g/mol. The highest BCUT2D eigenvalue weighted by molar-refractivity contribution is 14.0. The van der Waals surface area contributed by atoms with Gasteiger partial charge in [0.05, 0.1) is 18.0 Å². The number of aromatic nitrogens is 3. The maximum Gasteiger partial charge on any atom is 0.240 e. The lowest BCUT2D eigenvalue weighted by Crippen LogP contribution is -2.38. The van der Waals surface area contributed by atoms with Crippen LogP contribution in [0.3, 0.4) is 0 Å². The van der Waals surface area contributed by atoms with Crippen molar-refractivity contribution in [1.29, 1.82) is 0 Å². The van der Waals surface area contributed by atoms with Gasteiger partial charge in [0.1, 0.15) is 12.2 Å². The molecule has 0 unspecified atom stereocenters. The second-order valence-electron chi connectivity index (χ2n) is 6.09. The van der Waals surface area contributed by atoms with Gasteiger partial charge in [-0.15, -0.1) is 24.0 Å². The minimum absolute atomic E-state index is 0. The number of ether oxygens (including phenoxy) is 1. The SMILES string of the molecule is CN=C(NCc1cccc(S(=O)(=O)NCCOC)c1)N(C)Cc1ncnn1C.I. The first kappa shape index (κ1) is 25.3. The van der Waals surface area contributed by atoms with Crippen molar-refractivity contribution in [3.63, 3.8) is 0 Å². The highest BCUT2D eigenvalue weighted by atomic mass is 127. The Hall–Kier alpha value is -1.77. The fraction of sp³-hybridized carbons (Fsp3) is 0.471. The third kappa shape index (κ3) is 7.53. The topological polar surface area (TPSA) is 114 Å². The fourth-order valence-corrected chi connectivity index (χ4v) is 3.58. The number of aryl methyl sites for hydroxylation is 1. The number of nitrogens with one attached hydrogen (secondary N) is 2. The molecule has 0 spiro atoms. The number of hydrogen-bond donors (Lipinski definition) is 2. The summed E-state index contributed by atoms with van der Waals surface area (Å²) in [7, 11) is 3.37. The molecule has 0 fully saturated rings. The molecule has 1 aromatic carbocycles. The van der Waals surface area contributed by atoms with E-state index in [1.165, 1.54) is 13.4 Å². The van der Waals surface area contributed by atoms with Crippen LogP contribution in [0.15, 0.2) is 40.5 Å². The molecular weight excluding hydrogens is 509 g/mol. The van der Waals surface area contributed by atoms with Crippen LogP contribution < -0.4 is 10.0 Å². The maximum absolute atomic E-state index is 12.3. The molecule has 0 atom stereocenters. The Labute approximate surface area is 188 Å². The molecule has 162 valence electrons. The van der Waals surface area contributed by atoms with Crippen molar-refractivity contribution < 1.29 is 13.2 Å². The van der Waals surface area contributed by atoms with Gasteiger partial charge in [0.15, 0.2) is 5.96 Å². The van der Waals surface area contributed by atoms with Gasteiger partial charge in [0.2, 0.25) is 10.0 Å². The van der Waals surface area contributed by atoms with E-state index in [1.54, 1.807) is 29.9 Å². The quantitative estimate of drug-likeness (QED) is 0.208. The van der Waals surface area contributed by atoms with Crippen molar-refractivity contribution >= 4 is 40.0 Å². The lowest BCUT2D eigenvalue weighted by molar-refractivity contribution is 0.204. The summed E-state index contributed by atoms with van der Waals surface area (Å²) in [5.41, 5.74) is 0.822. The minimum atomic E-state index is -3.57. The van der Waals surface area contributed by atoms with Crippen molar-refractivity contribution in [2.24, 2.45) is 12.0 Å². The third-order valence-corrected chi connectivity index (χ3v) is 5.47. The lowest BCUT2D eigenvalue weighted by Gasteiger charge is -2.21. The van der Waals surface area contributed by atoms with E-state index in [0.29, 0.717) is 25.7 Å². The molecule has 1 aromatic heterocycles. The zero-order valence-electron chi connectivity index (χ0n) is 17.0. The van der Waals surface area contributed by atoms with Gasteiger partial charge in [0.25, 0.3) is 0 Å². The van der Waals surface area contributed by atoms with Gasteiger partial charge in [-0.2, -0.15) is 5.10 Å². The monoisotopic (exact) mass is 537 g/mol. The van der Waals surface area contributed by atoms with E-state index < -0.39 is 10.0 Å². The van der Waals surface area contributed by atoms with Gasteiger partial charge in [-0.1, -0.05) is 12.1 Å². The Morgan fingerprint density at radius 2 is 2.14 bits per heavy atom. The van der Waals surface area contributed by atoms with Crippen LogP contribution in [-0.4, -0.2) is 68.4 Å². The Bertz CT molecular complexity index is 902. The molecule has 0 saturated carbocycles. The molecule has 0 saturated heterocycles. The molecule has 0 amide bonds. The predicted octanol–water partition coefficient (Wildman–Crippen LogP) is 0.565. The molecule has 29 heavy (non-hydrogen) atoms. The van der Waals surface area contributed by atoms with Crippen LogP contribution in [0, 0.1) is 0 Å². The van der Waals surface area contributed by atoms with E-state index in [9.17, 15) is 8.42 Å². The summed E-state index contributed by atoms with van der Waals surface area (Å²) in [4.78, 5) is 10.6. The van der Waals surface area contributed by atoms with Gasteiger partial charge in [-0.3, -0.25) is 9.67 Å². The molecule has 12 heteroatoms. The van der Waals surface area contributed by atoms with E-state index in [-0.39, 0.29) is 35.4 Å². The zero-order valence-corrected chi connectivity index (χ0v) is 20.1. The number of rotatable bonds is 9. The van der Waals surface area contributed by atoms with Crippen LogP contribution in [0.4, 0.5) is 0 Å². The van der Waals surface area contributed by atoms with Gasteiger partial charge < -0.3 is 15.0 Å². The molecule has 2 rings (SSSR count). The highest BCUT2D eigenvalue weighted by Crippen LogP contribution is 2.11. The minimum Gasteiger partial charge on any atom is -0.383 e. The van der Waals surface area contributed by atoms with Crippen LogP contribution in [0.25, 0.3) is 0 Å². The first-order valence-corrected chi connectivity index (χ1v) is 10.2. The predicted molar refractivity (Wildman–Crippen MR) is 122 cm³/mol. The first-order valence-electron chi connectivity index (χ1n) is 8.69. The maximum atomic E-state index is 12.3. The first-order chi connectivity index (χ1) is 13.4. The molecule has 1 heterocycles.